The number of rotatable bonds is 6. The number of hydrogen-bond acceptors (Lipinski definition) is 4. The van der Waals surface area contributed by atoms with E-state index in [0.717, 1.165) is 38.8 Å². The van der Waals surface area contributed by atoms with Crippen molar-refractivity contribution < 1.29 is 18.3 Å². The van der Waals surface area contributed by atoms with Crippen LogP contribution in [0.3, 0.4) is 0 Å². The van der Waals surface area contributed by atoms with E-state index in [1.165, 1.54) is 12.1 Å². The largest absolute Gasteiger partial charge is 0.355 e. The van der Waals surface area contributed by atoms with Crippen molar-refractivity contribution in [1.29, 1.82) is 0 Å². The quantitative estimate of drug-likeness (QED) is 0.752. The van der Waals surface area contributed by atoms with Crippen molar-refractivity contribution in [2.45, 2.75) is 19.3 Å². The molecule has 22 heavy (non-hydrogen) atoms. The molecule has 1 heterocycles. The molecule has 1 atom stereocenters. The summed E-state index contributed by atoms with van der Waals surface area (Å²) in [5.41, 5.74) is 0.543. The number of ether oxygens (including phenoxy) is 2. The Labute approximate surface area is 130 Å². The highest BCUT2D eigenvalue weighted by Crippen LogP contribution is 2.24. The zero-order valence-corrected chi connectivity index (χ0v) is 13.4. The van der Waals surface area contributed by atoms with E-state index in [4.69, 9.17) is 9.47 Å². The molecule has 4 nitrogen and oxygen atoms in total. The Balaban J connectivity index is 1.90. The van der Waals surface area contributed by atoms with Crippen LogP contribution in [0, 0.1) is 11.6 Å². The summed E-state index contributed by atoms with van der Waals surface area (Å²) in [4.78, 5) is 4.48. The monoisotopic (exact) mass is 314 g/mol. The third kappa shape index (κ3) is 4.23. The van der Waals surface area contributed by atoms with Crippen LogP contribution in [0.25, 0.3) is 0 Å². The van der Waals surface area contributed by atoms with E-state index in [-0.39, 0.29) is 12.3 Å². The molecule has 1 fully saturated rings. The van der Waals surface area contributed by atoms with Crippen molar-refractivity contribution in [2.75, 3.05) is 46.9 Å². The average molecular weight is 314 g/mol. The average Bonchev–Trinajstić information content (AvgIpc) is 2.52. The summed E-state index contributed by atoms with van der Waals surface area (Å²) >= 11 is 0. The number of nitrogens with zero attached hydrogens (tertiary/aromatic N) is 2. The molecule has 1 saturated heterocycles. The molecule has 1 aliphatic rings. The van der Waals surface area contributed by atoms with Crippen molar-refractivity contribution in [3.63, 3.8) is 0 Å². The molecule has 1 unspecified atom stereocenters. The smallest absolute Gasteiger partial charge is 0.169 e. The van der Waals surface area contributed by atoms with Crippen LogP contribution in [-0.4, -0.2) is 63.0 Å². The highest BCUT2D eigenvalue weighted by molar-refractivity contribution is 5.21. The van der Waals surface area contributed by atoms with Gasteiger partial charge in [-0.05, 0) is 13.0 Å². The van der Waals surface area contributed by atoms with E-state index in [9.17, 15) is 8.78 Å². The molecular formula is C16H24F2N2O2. The number of piperazine rings is 1. The lowest BCUT2D eigenvalue weighted by molar-refractivity contribution is -0.120. The van der Waals surface area contributed by atoms with Gasteiger partial charge in [-0.1, -0.05) is 6.07 Å². The Bertz CT molecular complexity index is 475. The van der Waals surface area contributed by atoms with E-state index in [0.29, 0.717) is 5.56 Å². The molecule has 0 saturated carbocycles. The molecule has 1 aliphatic heterocycles. The summed E-state index contributed by atoms with van der Waals surface area (Å²) in [5.74, 6) is -1.02. The molecule has 1 aromatic rings. The fourth-order valence-corrected chi connectivity index (χ4v) is 2.83. The molecule has 0 aromatic heterocycles. The Morgan fingerprint density at radius 3 is 2.27 bits per heavy atom. The zero-order chi connectivity index (χ0) is 16.1. The van der Waals surface area contributed by atoms with Gasteiger partial charge in [-0.25, -0.2) is 8.78 Å². The maximum atomic E-state index is 13.9. The van der Waals surface area contributed by atoms with Crippen LogP contribution in [0.2, 0.25) is 0 Å². The molecule has 0 spiro atoms. The summed E-state index contributed by atoms with van der Waals surface area (Å²) in [6.45, 7) is 6.09. The van der Waals surface area contributed by atoms with Gasteiger partial charge in [0, 0.05) is 64.6 Å². The summed E-state index contributed by atoms with van der Waals surface area (Å²) in [7, 11) is 3.26. The minimum absolute atomic E-state index is 0.0663. The standard InChI is InChI=1S/C16H24F2N2O2/c1-12(14-5-4-13(17)10-15(14)18)20-8-6-19(7-9-20)11-16(21-2)22-3/h4-5,10,12,16H,6-9,11H2,1-3H3. The lowest BCUT2D eigenvalue weighted by atomic mass is 10.1. The highest BCUT2D eigenvalue weighted by atomic mass is 19.1. The fourth-order valence-electron chi connectivity index (χ4n) is 2.83. The van der Waals surface area contributed by atoms with E-state index < -0.39 is 11.6 Å². The van der Waals surface area contributed by atoms with Crippen molar-refractivity contribution in [1.82, 2.24) is 9.80 Å². The minimum atomic E-state index is -0.538. The van der Waals surface area contributed by atoms with Gasteiger partial charge in [0.15, 0.2) is 6.29 Å². The van der Waals surface area contributed by atoms with Gasteiger partial charge in [0.1, 0.15) is 11.6 Å². The van der Waals surface area contributed by atoms with Gasteiger partial charge < -0.3 is 9.47 Å². The van der Waals surface area contributed by atoms with E-state index in [2.05, 4.69) is 9.80 Å². The Morgan fingerprint density at radius 2 is 1.73 bits per heavy atom. The summed E-state index contributed by atoms with van der Waals surface area (Å²) in [6, 6.07) is 3.73. The van der Waals surface area contributed by atoms with Crippen LogP contribution in [0.15, 0.2) is 18.2 Å². The molecule has 2 rings (SSSR count). The van der Waals surface area contributed by atoms with Crippen molar-refractivity contribution >= 4 is 0 Å². The number of benzene rings is 1. The lowest BCUT2D eigenvalue weighted by Crippen LogP contribution is -2.49. The van der Waals surface area contributed by atoms with Gasteiger partial charge in [-0.2, -0.15) is 0 Å². The Kier molecular flexibility index (Phi) is 6.26. The SMILES string of the molecule is COC(CN1CCN(C(C)c2ccc(F)cc2F)CC1)OC. The first kappa shape index (κ1) is 17.3. The third-order valence-corrected chi connectivity index (χ3v) is 4.30. The van der Waals surface area contributed by atoms with Gasteiger partial charge in [0.2, 0.25) is 0 Å². The second-order valence-corrected chi connectivity index (χ2v) is 5.58. The zero-order valence-electron chi connectivity index (χ0n) is 13.4. The molecule has 0 N–H and O–H groups in total. The van der Waals surface area contributed by atoms with Crippen LogP contribution in [0.5, 0.6) is 0 Å². The van der Waals surface area contributed by atoms with Crippen molar-refractivity contribution in [2.24, 2.45) is 0 Å². The third-order valence-electron chi connectivity index (χ3n) is 4.30. The number of halogens is 2. The first-order valence-electron chi connectivity index (χ1n) is 7.52. The minimum Gasteiger partial charge on any atom is -0.355 e. The number of methoxy groups -OCH3 is 2. The first-order chi connectivity index (χ1) is 10.5. The van der Waals surface area contributed by atoms with Crippen LogP contribution in [0.1, 0.15) is 18.5 Å². The van der Waals surface area contributed by atoms with E-state index in [1.54, 1.807) is 14.2 Å². The van der Waals surface area contributed by atoms with Crippen LogP contribution in [-0.2, 0) is 9.47 Å². The van der Waals surface area contributed by atoms with Crippen LogP contribution >= 0.6 is 0 Å². The summed E-state index contributed by atoms with van der Waals surface area (Å²) in [5, 5.41) is 0. The predicted molar refractivity (Wildman–Crippen MR) is 80.6 cm³/mol. The second-order valence-electron chi connectivity index (χ2n) is 5.58. The molecule has 1 aromatic carbocycles. The van der Waals surface area contributed by atoms with Gasteiger partial charge in [-0.3, -0.25) is 9.80 Å². The lowest BCUT2D eigenvalue weighted by Gasteiger charge is -2.39. The predicted octanol–water partition coefficient (Wildman–Crippen LogP) is 2.26. The van der Waals surface area contributed by atoms with E-state index in [1.807, 2.05) is 6.92 Å². The Hall–Kier alpha value is -1.08. The van der Waals surface area contributed by atoms with Gasteiger partial charge in [-0.15, -0.1) is 0 Å². The van der Waals surface area contributed by atoms with Gasteiger partial charge >= 0.3 is 0 Å². The van der Waals surface area contributed by atoms with E-state index >= 15 is 0 Å². The molecule has 0 radical (unpaired) electrons. The normalized spacial score (nSPS) is 18.8. The molecule has 0 bridgehead atoms. The van der Waals surface area contributed by atoms with Crippen molar-refractivity contribution in [3.8, 4) is 0 Å². The van der Waals surface area contributed by atoms with Gasteiger partial charge in [0.05, 0.1) is 0 Å². The summed E-state index contributed by atoms with van der Waals surface area (Å²) in [6.07, 6.45) is -0.224. The first-order valence-corrected chi connectivity index (χ1v) is 7.52. The second kappa shape index (κ2) is 7.97. The highest BCUT2D eigenvalue weighted by Gasteiger charge is 2.25. The topological polar surface area (TPSA) is 24.9 Å². The number of hydrogen-bond donors (Lipinski definition) is 0. The molecular weight excluding hydrogens is 290 g/mol. The molecule has 0 aliphatic carbocycles. The Morgan fingerprint density at radius 1 is 1.09 bits per heavy atom. The molecule has 124 valence electrons. The van der Waals surface area contributed by atoms with Crippen LogP contribution < -0.4 is 0 Å². The van der Waals surface area contributed by atoms with Crippen molar-refractivity contribution in [3.05, 3.63) is 35.4 Å². The maximum absolute atomic E-state index is 13.9. The molecule has 0 amide bonds. The molecule has 6 heteroatoms. The maximum Gasteiger partial charge on any atom is 0.169 e. The van der Waals surface area contributed by atoms with Crippen LogP contribution in [0.4, 0.5) is 8.78 Å². The fraction of sp³-hybridized carbons (Fsp3) is 0.625. The summed E-state index contributed by atoms with van der Waals surface area (Å²) < 4.78 is 37.3. The van der Waals surface area contributed by atoms with Gasteiger partial charge in [0.25, 0.3) is 0 Å².